The molecular formula is C6H13N5. The predicted molar refractivity (Wildman–Crippen MR) is 42.6 cm³/mol. The van der Waals surface area contributed by atoms with Crippen molar-refractivity contribution in [3.05, 3.63) is 5.82 Å². The Labute approximate surface area is 65.4 Å². The van der Waals surface area contributed by atoms with E-state index in [9.17, 15) is 0 Å². The summed E-state index contributed by atoms with van der Waals surface area (Å²) in [7, 11) is 1.74. The van der Waals surface area contributed by atoms with Gasteiger partial charge < -0.3 is 11.5 Å². The highest BCUT2D eigenvalue weighted by Crippen LogP contribution is 2.09. The molecule has 0 fully saturated rings. The van der Waals surface area contributed by atoms with Gasteiger partial charge in [-0.1, -0.05) is 6.92 Å². The van der Waals surface area contributed by atoms with Crippen molar-refractivity contribution in [1.29, 1.82) is 0 Å². The molecule has 1 rings (SSSR count). The van der Waals surface area contributed by atoms with Crippen LogP contribution in [0.1, 0.15) is 25.2 Å². The fourth-order valence-electron chi connectivity index (χ4n) is 0.757. The summed E-state index contributed by atoms with van der Waals surface area (Å²) < 4.78 is 1.52. The zero-order valence-electron chi connectivity index (χ0n) is 6.78. The van der Waals surface area contributed by atoms with Gasteiger partial charge >= 0.3 is 0 Å². The molecule has 5 heteroatoms. The van der Waals surface area contributed by atoms with Crippen LogP contribution in [0.4, 0.5) is 5.95 Å². The van der Waals surface area contributed by atoms with Crippen LogP contribution < -0.4 is 11.5 Å². The number of aromatic nitrogens is 3. The second-order valence-corrected chi connectivity index (χ2v) is 2.47. The van der Waals surface area contributed by atoms with Crippen LogP contribution in [-0.4, -0.2) is 14.8 Å². The van der Waals surface area contributed by atoms with E-state index in [1.165, 1.54) is 4.68 Å². The van der Waals surface area contributed by atoms with Gasteiger partial charge in [0.2, 0.25) is 5.95 Å². The van der Waals surface area contributed by atoms with E-state index in [4.69, 9.17) is 11.5 Å². The van der Waals surface area contributed by atoms with Crippen molar-refractivity contribution in [3.63, 3.8) is 0 Å². The SMILES string of the molecule is CCC(N)c1nc(N)n(C)n1. The molecule has 4 N–H and O–H groups in total. The standard InChI is InChI=1S/C6H13N5/c1-3-4(7)5-9-6(8)11(2)10-5/h4H,3,7H2,1-2H3,(H2,8,9,10). The van der Waals surface area contributed by atoms with Crippen LogP contribution in [0.2, 0.25) is 0 Å². The van der Waals surface area contributed by atoms with E-state index >= 15 is 0 Å². The second-order valence-electron chi connectivity index (χ2n) is 2.47. The molecule has 1 aromatic heterocycles. The number of anilines is 1. The molecule has 1 atom stereocenters. The Kier molecular flexibility index (Phi) is 2.09. The number of nitrogens with two attached hydrogens (primary N) is 2. The summed E-state index contributed by atoms with van der Waals surface area (Å²) in [5, 5.41) is 4.04. The fourth-order valence-corrected chi connectivity index (χ4v) is 0.757. The Morgan fingerprint density at radius 2 is 2.27 bits per heavy atom. The topological polar surface area (TPSA) is 82.7 Å². The minimum Gasteiger partial charge on any atom is -0.368 e. The Morgan fingerprint density at radius 3 is 2.64 bits per heavy atom. The quantitative estimate of drug-likeness (QED) is 0.620. The van der Waals surface area contributed by atoms with E-state index in [0.717, 1.165) is 6.42 Å². The zero-order valence-corrected chi connectivity index (χ0v) is 6.78. The van der Waals surface area contributed by atoms with Gasteiger partial charge in [0.25, 0.3) is 0 Å². The van der Waals surface area contributed by atoms with Gasteiger partial charge in [0.15, 0.2) is 5.82 Å². The van der Waals surface area contributed by atoms with Crippen molar-refractivity contribution in [2.24, 2.45) is 12.8 Å². The van der Waals surface area contributed by atoms with Gasteiger partial charge in [0.1, 0.15) is 0 Å². The molecule has 0 bridgehead atoms. The molecule has 1 aromatic rings. The molecule has 0 saturated heterocycles. The smallest absolute Gasteiger partial charge is 0.218 e. The minimum atomic E-state index is -0.0986. The van der Waals surface area contributed by atoms with Crippen LogP contribution in [0.3, 0.4) is 0 Å². The van der Waals surface area contributed by atoms with Gasteiger partial charge in [0.05, 0.1) is 6.04 Å². The average Bonchev–Trinajstić information content (AvgIpc) is 2.31. The van der Waals surface area contributed by atoms with Crippen LogP contribution >= 0.6 is 0 Å². The Hall–Kier alpha value is -1.10. The number of hydrogen-bond donors (Lipinski definition) is 2. The molecule has 0 aromatic carbocycles. The van der Waals surface area contributed by atoms with Gasteiger partial charge in [-0.25, -0.2) is 4.68 Å². The van der Waals surface area contributed by atoms with Gasteiger partial charge in [-0.05, 0) is 6.42 Å². The lowest BCUT2D eigenvalue weighted by molar-refractivity contribution is 0.633. The Morgan fingerprint density at radius 1 is 1.64 bits per heavy atom. The van der Waals surface area contributed by atoms with Gasteiger partial charge in [-0.2, -0.15) is 10.1 Å². The summed E-state index contributed by atoms with van der Waals surface area (Å²) in [4.78, 5) is 3.99. The molecule has 11 heavy (non-hydrogen) atoms. The highest BCUT2D eigenvalue weighted by molar-refractivity contribution is 5.16. The number of rotatable bonds is 2. The Balaban J connectivity index is 2.88. The highest BCUT2D eigenvalue weighted by atomic mass is 15.4. The van der Waals surface area contributed by atoms with Crippen LogP contribution in [0.15, 0.2) is 0 Å². The van der Waals surface area contributed by atoms with E-state index in [1.807, 2.05) is 6.92 Å². The average molecular weight is 155 g/mol. The lowest BCUT2D eigenvalue weighted by Gasteiger charge is -2.00. The number of hydrogen-bond acceptors (Lipinski definition) is 4. The maximum Gasteiger partial charge on any atom is 0.218 e. The third kappa shape index (κ3) is 1.48. The fraction of sp³-hybridized carbons (Fsp3) is 0.667. The first-order chi connectivity index (χ1) is 5.15. The molecule has 0 spiro atoms. The first-order valence-corrected chi connectivity index (χ1v) is 3.57. The van der Waals surface area contributed by atoms with Crippen molar-refractivity contribution in [1.82, 2.24) is 14.8 Å². The third-order valence-corrected chi connectivity index (χ3v) is 1.58. The second kappa shape index (κ2) is 2.87. The van der Waals surface area contributed by atoms with Crippen molar-refractivity contribution in [3.8, 4) is 0 Å². The Bertz CT molecular complexity index is 222. The minimum absolute atomic E-state index is 0.0986. The molecule has 1 unspecified atom stereocenters. The number of nitrogen functional groups attached to an aromatic ring is 1. The normalized spacial score (nSPS) is 13.4. The maximum atomic E-state index is 5.68. The number of nitrogens with zero attached hydrogens (tertiary/aromatic N) is 3. The first kappa shape index (κ1) is 8.00. The lowest BCUT2D eigenvalue weighted by atomic mass is 10.2. The molecule has 0 aliphatic rings. The summed E-state index contributed by atoms with van der Waals surface area (Å²) >= 11 is 0. The predicted octanol–water partition coefficient (Wildman–Crippen LogP) is -0.193. The van der Waals surface area contributed by atoms with E-state index in [1.54, 1.807) is 7.05 Å². The molecular weight excluding hydrogens is 142 g/mol. The van der Waals surface area contributed by atoms with Crippen molar-refractivity contribution in [2.45, 2.75) is 19.4 Å². The summed E-state index contributed by atoms with van der Waals surface area (Å²) in [5.74, 6) is 1.02. The molecule has 0 aliphatic heterocycles. The number of aryl methyl sites for hydroxylation is 1. The van der Waals surface area contributed by atoms with Crippen LogP contribution in [0.25, 0.3) is 0 Å². The van der Waals surface area contributed by atoms with E-state index in [2.05, 4.69) is 10.1 Å². The summed E-state index contributed by atoms with van der Waals surface area (Å²) in [6.07, 6.45) is 0.823. The van der Waals surface area contributed by atoms with Crippen molar-refractivity contribution >= 4 is 5.95 Å². The van der Waals surface area contributed by atoms with Gasteiger partial charge in [-0.3, -0.25) is 0 Å². The lowest BCUT2D eigenvalue weighted by Crippen LogP contribution is -2.10. The van der Waals surface area contributed by atoms with Crippen LogP contribution in [0.5, 0.6) is 0 Å². The molecule has 5 nitrogen and oxygen atoms in total. The zero-order chi connectivity index (χ0) is 8.43. The largest absolute Gasteiger partial charge is 0.368 e. The first-order valence-electron chi connectivity index (χ1n) is 3.57. The van der Waals surface area contributed by atoms with E-state index < -0.39 is 0 Å². The van der Waals surface area contributed by atoms with Gasteiger partial charge in [0, 0.05) is 7.05 Å². The molecule has 1 heterocycles. The van der Waals surface area contributed by atoms with Crippen LogP contribution in [-0.2, 0) is 7.05 Å². The monoisotopic (exact) mass is 155 g/mol. The van der Waals surface area contributed by atoms with Crippen molar-refractivity contribution < 1.29 is 0 Å². The van der Waals surface area contributed by atoms with Crippen molar-refractivity contribution in [2.75, 3.05) is 5.73 Å². The van der Waals surface area contributed by atoms with Gasteiger partial charge in [-0.15, -0.1) is 0 Å². The molecule has 0 saturated carbocycles. The molecule has 62 valence electrons. The molecule has 0 amide bonds. The van der Waals surface area contributed by atoms with E-state index in [0.29, 0.717) is 11.8 Å². The summed E-state index contributed by atoms with van der Waals surface area (Å²) in [6.45, 7) is 1.98. The van der Waals surface area contributed by atoms with E-state index in [-0.39, 0.29) is 6.04 Å². The van der Waals surface area contributed by atoms with Crippen LogP contribution in [0, 0.1) is 0 Å². The highest BCUT2D eigenvalue weighted by Gasteiger charge is 2.09. The summed E-state index contributed by atoms with van der Waals surface area (Å²) in [5.41, 5.74) is 11.1. The third-order valence-electron chi connectivity index (χ3n) is 1.58. The molecule has 0 aliphatic carbocycles. The molecule has 0 radical (unpaired) electrons. The summed E-state index contributed by atoms with van der Waals surface area (Å²) in [6, 6.07) is -0.0986. The maximum absolute atomic E-state index is 5.68.